The van der Waals surface area contributed by atoms with Crippen molar-refractivity contribution in [2.75, 3.05) is 5.75 Å². The van der Waals surface area contributed by atoms with Crippen LogP contribution in [0.15, 0.2) is 0 Å². The van der Waals surface area contributed by atoms with Crippen molar-refractivity contribution in [1.29, 1.82) is 0 Å². The number of aliphatic carboxylic acids is 1. The summed E-state index contributed by atoms with van der Waals surface area (Å²) < 4.78 is 0. The first kappa shape index (κ1) is 13.4. The van der Waals surface area contributed by atoms with Gasteiger partial charge < -0.3 is 16.6 Å². The van der Waals surface area contributed by atoms with Gasteiger partial charge >= 0.3 is 5.97 Å². The van der Waals surface area contributed by atoms with Crippen LogP contribution in [-0.2, 0) is 9.59 Å². The van der Waals surface area contributed by atoms with E-state index in [-0.39, 0.29) is 16.8 Å². The molecule has 5 N–H and O–H groups in total. The van der Waals surface area contributed by atoms with Crippen LogP contribution in [0, 0.1) is 5.92 Å². The minimum atomic E-state index is -1.11. The lowest BCUT2D eigenvalue weighted by molar-refractivity contribution is -0.137. The van der Waals surface area contributed by atoms with E-state index in [1.165, 1.54) is 0 Å². The zero-order valence-corrected chi connectivity index (χ0v) is 9.08. The summed E-state index contributed by atoms with van der Waals surface area (Å²) in [4.78, 5) is 21.6. The van der Waals surface area contributed by atoms with Crippen LogP contribution in [0.2, 0.25) is 0 Å². The Morgan fingerprint density at radius 3 is 2.21 bits per heavy atom. The first-order chi connectivity index (χ1) is 6.36. The highest BCUT2D eigenvalue weighted by atomic mass is 32.2. The molecule has 6 heteroatoms. The normalized spacial score (nSPS) is 15.2. The van der Waals surface area contributed by atoms with Crippen molar-refractivity contribution in [3.63, 3.8) is 0 Å². The zero-order chi connectivity index (χ0) is 11.3. The molecule has 0 heterocycles. The van der Waals surface area contributed by atoms with E-state index in [0.29, 0.717) is 0 Å². The molecule has 5 nitrogen and oxygen atoms in total. The van der Waals surface area contributed by atoms with Gasteiger partial charge in [0, 0.05) is 5.75 Å². The Hall–Kier alpha value is -0.590. The summed E-state index contributed by atoms with van der Waals surface area (Å²) >= 11 is 0.880. The van der Waals surface area contributed by atoms with Gasteiger partial charge in [-0.2, -0.15) is 0 Å². The second-order valence-corrected chi connectivity index (χ2v) is 4.37. The number of hydrogen-bond acceptors (Lipinski definition) is 5. The van der Waals surface area contributed by atoms with E-state index < -0.39 is 18.1 Å². The van der Waals surface area contributed by atoms with Gasteiger partial charge in [0.2, 0.25) is 5.12 Å². The molecule has 2 atom stereocenters. The molecule has 2 unspecified atom stereocenters. The summed E-state index contributed by atoms with van der Waals surface area (Å²) in [6, 6.07) is -1.57. The van der Waals surface area contributed by atoms with Crippen molar-refractivity contribution in [2.24, 2.45) is 17.4 Å². The van der Waals surface area contributed by atoms with Crippen LogP contribution in [0.5, 0.6) is 0 Å². The number of rotatable bonds is 5. The van der Waals surface area contributed by atoms with Crippen LogP contribution in [0.25, 0.3) is 0 Å². The first-order valence-corrected chi connectivity index (χ1v) is 5.25. The second-order valence-electron chi connectivity index (χ2n) is 3.34. The van der Waals surface area contributed by atoms with Crippen LogP contribution in [0.3, 0.4) is 0 Å². The fourth-order valence-corrected chi connectivity index (χ4v) is 1.56. The molecule has 0 rings (SSSR count). The maximum Gasteiger partial charge on any atom is 0.321 e. The van der Waals surface area contributed by atoms with Crippen LogP contribution in [-0.4, -0.2) is 34.0 Å². The monoisotopic (exact) mass is 220 g/mol. The molecular formula is C8H16N2O3S. The Morgan fingerprint density at radius 1 is 1.36 bits per heavy atom. The van der Waals surface area contributed by atoms with E-state index in [9.17, 15) is 9.59 Å². The minimum Gasteiger partial charge on any atom is -0.480 e. The van der Waals surface area contributed by atoms with Gasteiger partial charge in [-0.25, -0.2) is 0 Å². The van der Waals surface area contributed by atoms with Gasteiger partial charge in [-0.05, 0) is 5.92 Å². The summed E-state index contributed by atoms with van der Waals surface area (Å²) in [7, 11) is 0. The Balaban J connectivity index is 3.91. The van der Waals surface area contributed by atoms with Crippen molar-refractivity contribution >= 4 is 22.8 Å². The minimum absolute atomic E-state index is 0.0519. The van der Waals surface area contributed by atoms with Gasteiger partial charge in [-0.15, -0.1) is 0 Å². The van der Waals surface area contributed by atoms with Crippen LogP contribution in [0.1, 0.15) is 13.8 Å². The number of hydrogen-bond donors (Lipinski definition) is 3. The van der Waals surface area contributed by atoms with E-state index in [4.69, 9.17) is 16.6 Å². The Morgan fingerprint density at radius 2 is 1.86 bits per heavy atom. The third-order valence-electron chi connectivity index (χ3n) is 1.71. The van der Waals surface area contributed by atoms with Crippen molar-refractivity contribution in [3.8, 4) is 0 Å². The fourth-order valence-electron chi connectivity index (χ4n) is 0.612. The number of carbonyl (C=O) groups excluding carboxylic acids is 1. The molecule has 0 aliphatic rings. The molecule has 0 spiro atoms. The number of thioether (sulfide) groups is 1. The molecule has 0 saturated carbocycles. The molecule has 0 aromatic carbocycles. The molecule has 0 fully saturated rings. The van der Waals surface area contributed by atoms with Crippen LogP contribution in [0.4, 0.5) is 0 Å². The van der Waals surface area contributed by atoms with Crippen molar-refractivity contribution in [1.82, 2.24) is 0 Å². The largest absolute Gasteiger partial charge is 0.480 e. The topological polar surface area (TPSA) is 106 Å². The Kier molecular flexibility index (Phi) is 5.75. The summed E-state index contributed by atoms with van der Waals surface area (Å²) in [6.45, 7) is 3.67. The number of carbonyl (C=O) groups is 2. The van der Waals surface area contributed by atoms with Crippen molar-refractivity contribution < 1.29 is 14.7 Å². The van der Waals surface area contributed by atoms with E-state index in [1.807, 2.05) is 13.8 Å². The van der Waals surface area contributed by atoms with Gasteiger partial charge in [0.1, 0.15) is 6.04 Å². The first-order valence-electron chi connectivity index (χ1n) is 4.26. The summed E-state index contributed by atoms with van der Waals surface area (Å²) in [6.07, 6.45) is 0. The van der Waals surface area contributed by atoms with Crippen molar-refractivity contribution in [2.45, 2.75) is 25.9 Å². The zero-order valence-electron chi connectivity index (χ0n) is 8.27. The van der Waals surface area contributed by atoms with Gasteiger partial charge in [0.25, 0.3) is 0 Å². The molecule has 0 radical (unpaired) electrons. The van der Waals surface area contributed by atoms with Crippen LogP contribution >= 0.6 is 11.8 Å². The van der Waals surface area contributed by atoms with Crippen molar-refractivity contribution in [3.05, 3.63) is 0 Å². The standard InChI is InChI=1S/C8H16N2O3S/c1-4(2)6(10)8(13)14-3-5(9)7(11)12/h4-6H,3,9-10H2,1-2H3,(H,11,12). The Labute approximate surface area is 87.2 Å². The van der Waals surface area contributed by atoms with E-state index in [0.717, 1.165) is 11.8 Å². The molecule has 0 bridgehead atoms. The number of nitrogens with two attached hydrogens (primary N) is 2. The summed E-state index contributed by atoms with van der Waals surface area (Å²) in [5.74, 6) is -0.992. The smallest absolute Gasteiger partial charge is 0.321 e. The molecule has 0 aromatic rings. The highest BCUT2D eigenvalue weighted by Crippen LogP contribution is 2.11. The lowest BCUT2D eigenvalue weighted by Crippen LogP contribution is -2.37. The van der Waals surface area contributed by atoms with Gasteiger partial charge in [0.15, 0.2) is 0 Å². The molecule has 82 valence electrons. The lowest BCUT2D eigenvalue weighted by Gasteiger charge is -2.14. The SMILES string of the molecule is CC(C)C(N)C(=O)SCC(N)C(=O)O. The maximum absolute atomic E-state index is 11.3. The Bertz CT molecular complexity index is 221. The van der Waals surface area contributed by atoms with E-state index in [1.54, 1.807) is 0 Å². The third kappa shape index (κ3) is 4.59. The average Bonchev–Trinajstić information content (AvgIpc) is 2.11. The van der Waals surface area contributed by atoms with E-state index >= 15 is 0 Å². The van der Waals surface area contributed by atoms with Gasteiger partial charge in [0.05, 0.1) is 6.04 Å². The van der Waals surface area contributed by atoms with Gasteiger partial charge in [-0.1, -0.05) is 25.6 Å². The quantitative estimate of drug-likeness (QED) is 0.584. The van der Waals surface area contributed by atoms with Gasteiger partial charge in [-0.3, -0.25) is 9.59 Å². The lowest BCUT2D eigenvalue weighted by atomic mass is 10.1. The van der Waals surface area contributed by atoms with Crippen LogP contribution < -0.4 is 11.5 Å². The highest BCUT2D eigenvalue weighted by molar-refractivity contribution is 8.13. The molecule has 0 saturated heterocycles. The maximum atomic E-state index is 11.3. The average molecular weight is 220 g/mol. The molecule has 14 heavy (non-hydrogen) atoms. The molecule has 0 aliphatic heterocycles. The number of carboxylic acids is 1. The summed E-state index contributed by atoms with van der Waals surface area (Å²) in [5, 5.41) is 8.25. The molecule has 0 aromatic heterocycles. The number of carboxylic acid groups (broad SMARTS) is 1. The molecule has 0 aliphatic carbocycles. The second kappa shape index (κ2) is 6.00. The summed E-state index contributed by atoms with van der Waals surface area (Å²) in [5.41, 5.74) is 10.8. The predicted molar refractivity (Wildman–Crippen MR) is 55.9 cm³/mol. The van der Waals surface area contributed by atoms with E-state index in [2.05, 4.69) is 0 Å². The predicted octanol–water partition coefficient (Wildman–Crippen LogP) is -0.359. The molecular weight excluding hydrogens is 204 g/mol. The highest BCUT2D eigenvalue weighted by Gasteiger charge is 2.20. The fraction of sp³-hybridized carbons (Fsp3) is 0.750. The third-order valence-corrected chi connectivity index (χ3v) is 2.80. The molecule has 0 amide bonds.